The van der Waals surface area contributed by atoms with Gasteiger partial charge in [0.2, 0.25) is 0 Å². The van der Waals surface area contributed by atoms with Crippen LogP contribution in [-0.4, -0.2) is 28.0 Å². The van der Waals surface area contributed by atoms with Gasteiger partial charge in [-0.25, -0.2) is 15.0 Å². The number of imidazole rings is 1. The molecular weight excluding hydrogens is 468 g/mol. The number of aromatic nitrogens is 2. The van der Waals surface area contributed by atoms with Crippen molar-refractivity contribution in [2.24, 2.45) is 5.10 Å². The molecule has 0 atom stereocenters. The van der Waals surface area contributed by atoms with Gasteiger partial charge in [0, 0.05) is 10.6 Å². The van der Waals surface area contributed by atoms with Crippen molar-refractivity contribution in [2.75, 3.05) is 5.75 Å². The summed E-state index contributed by atoms with van der Waals surface area (Å²) in [4.78, 5) is 15.8. The molecule has 34 heavy (non-hydrogen) atoms. The van der Waals surface area contributed by atoms with Crippen LogP contribution in [0.4, 0.5) is 0 Å². The summed E-state index contributed by atoms with van der Waals surface area (Å²) < 4.78 is 2.14. The monoisotopic (exact) mass is 491 g/mol. The molecule has 1 heterocycles. The number of fused-ring (bicyclic) bond motifs is 1. The van der Waals surface area contributed by atoms with E-state index in [2.05, 4.69) is 26.7 Å². The van der Waals surface area contributed by atoms with Crippen LogP contribution < -0.4 is 9.99 Å². The third-order valence-corrected chi connectivity index (χ3v) is 6.44. The van der Waals surface area contributed by atoms with E-state index in [0.29, 0.717) is 23.6 Å². The Hall–Kier alpha value is -3.55. The Bertz CT molecular complexity index is 1350. The highest BCUT2D eigenvalue weighted by molar-refractivity contribution is 7.99. The number of carbonyl (C=O) groups is 1. The van der Waals surface area contributed by atoms with Gasteiger partial charge in [0.1, 0.15) is 12.3 Å². The summed E-state index contributed by atoms with van der Waals surface area (Å²) in [7, 11) is 0. The number of rotatable bonds is 9. The van der Waals surface area contributed by atoms with Crippen molar-refractivity contribution in [2.45, 2.75) is 18.1 Å². The van der Waals surface area contributed by atoms with Crippen LogP contribution in [0.2, 0.25) is 5.02 Å². The highest BCUT2D eigenvalue weighted by Crippen LogP contribution is 2.22. The molecule has 0 aliphatic rings. The maximum absolute atomic E-state index is 12.4. The number of allylic oxidation sites excluding steroid dienone is 1. The van der Waals surface area contributed by atoms with Crippen LogP contribution in [0.1, 0.15) is 16.7 Å². The minimum Gasteiger partial charge on any atom is -0.507 e. The standard InChI is InChI=1S/C26H23ClN4O2S/c1-2-6-19-7-5-8-20(25(19)33)15-28-30-24(32)17-34-26-29-22-9-3-4-10-23(22)31(26)16-18-11-13-21(27)14-12-18/h2-5,7-15H,1,6,16-17H2,(H2,28,30,32,33)/p+1. The molecule has 4 aromatic rings. The third kappa shape index (κ3) is 5.68. The van der Waals surface area contributed by atoms with Crippen LogP contribution >= 0.6 is 23.4 Å². The number of hydrazone groups is 1. The number of thioether (sulfide) groups is 1. The highest BCUT2D eigenvalue weighted by Gasteiger charge is 2.20. The molecule has 4 rings (SSSR count). The number of aromatic hydroxyl groups is 1. The molecule has 0 saturated carbocycles. The van der Waals surface area contributed by atoms with Gasteiger partial charge in [-0.3, -0.25) is 4.79 Å². The molecule has 8 heteroatoms. The molecule has 6 nitrogen and oxygen atoms in total. The third-order valence-electron chi connectivity index (χ3n) is 5.18. The number of amides is 1. The van der Waals surface area contributed by atoms with Crippen molar-refractivity contribution in [1.29, 1.82) is 0 Å². The first-order valence-electron chi connectivity index (χ1n) is 10.7. The van der Waals surface area contributed by atoms with Crippen molar-refractivity contribution < 1.29 is 14.5 Å². The maximum Gasteiger partial charge on any atom is 0.317 e. The summed E-state index contributed by atoms with van der Waals surface area (Å²) in [5, 5.41) is 15.9. The van der Waals surface area contributed by atoms with Gasteiger partial charge < -0.3 is 5.11 Å². The molecule has 1 amide bonds. The first-order chi connectivity index (χ1) is 16.5. The van der Waals surface area contributed by atoms with E-state index < -0.39 is 0 Å². The van der Waals surface area contributed by atoms with E-state index in [-0.39, 0.29) is 17.4 Å². The lowest BCUT2D eigenvalue weighted by Gasteiger charge is -2.05. The van der Waals surface area contributed by atoms with Gasteiger partial charge in [0.15, 0.2) is 11.0 Å². The Morgan fingerprint density at radius 1 is 1.15 bits per heavy atom. The lowest BCUT2D eigenvalue weighted by atomic mass is 10.1. The molecule has 0 aliphatic carbocycles. The van der Waals surface area contributed by atoms with E-state index in [4.69, 9.17) is 11.6 Å². The van der Waals surface area contributed by atoms with E-state index >= 15 is 0 Å². The van der Waals surface area contributed by atoms with Gasteiger partial charge in [0.25, 0.3) is 5.91 Å². The number of halogens is 1. The number of hydrogen-bond donors (Lipinski definition) is 3. The molecular formula is C26H24ClN4O2S+. The summed E-state index contributed by atoms with van der Waals surface area (Å²) in [5.74, 6) is 0.0589. The average Bonchev–Trinajstić information content (AvgIpc) is 3.19. The lowest BCUT2D eigenvalue weighted by molar-refractivity contribution is -0.700. The summed E-state index contributed by atoms with van der Waals surface area (Å²) >= 11 is 7.42. The van der Waals surface area contributed by atoms with E-state index in [0.717, 1.165) is 27.3 Å². The molecule has 0 spiro atoms. The van der Waals surface area contributed by atoms with Crippen molar-refractivity contribution >= 4 is 46.5 Å². The zero-order valence-corrected chi connectivity index (χ0v) is 19.9. The van der Waals surface area contributed by atoms with E-state index in [1.165, 1.54) is 18.0 Å². The number of aromatic amines is 1. The quantitative estimate of drug-likeness (QED) is 0.103. The SMILES string of the molecule is C=CCc1cccc(/C=N/NC(=O)CSc2[nH]c3ccccc3[n+]2Cc2ccc(Cl)cc2)c1O. The molecule has 0 unspecified atom stereocenters. The summed E-state index contributed by atoms with van der Waals surface area (Å²) in [5.41, 5.74) is 6.96. The molecule has 0 radical (unpaired) electrons. The van der Waals surface area contributed by atoms with E-state index in [1.807, 2.05) is 60.7 Å². The highest BCUT2D eigenvalue weighted by atomic mass is 35.5. The number of para-hydroxylation sites is 3. The Kier molecular flexibility index (Phi) is 7.67. The molecule has 0 saturated heterocycles. The van der Waals surface area contributed by atoms with Gasteiger partial charge in [-0.15, -0.1) is 6.58 Å². The largest absolute Gasteiger partial charge is 0.507 e. The zero-order chi connectivity index (χ0) is 23.9. The topological polar surface area (TPSA) is 81.4 Å². The minimum absolute atomic E-state index is 0.135. The molecule has 3 aromatic carbocycles. The number of H-pyrrole nitrogens is 1. The van der Waals surface area contributed by atoms with Gasteiger partial charge in [-0.05, 0) is 59.6 Å². The second kappa shape index (κ2) is 11.0. The first kappa shape index (κ1) is 23.6. The minimum atomic E-state index is -0.250. The van der Waals surface area contributed by atoms with Crippen LogP contribution in [0, 0.1) is 0 Å². The number of phenolic OH excluding ortho intramolecular Hbond substituents is 1. The molecule has 3 N–H and O–H groups in total. The van der Waals surface area contributed by atoms with E-state index in [9.17, 15) is 9.90 Å². The Balaban J connectivity index is 1.43. The normalized spacial score (nSPS) is 11.2. The first-order valence-corrected chi connectivity index (χ1v) is 12.0. The van der Waals surface area contributed by atoms with Crippen molar-refractivity contribution in [3.8, 4) is 5.75 Å². The van der Waals surface area contributed by atoms with Crippen molar-refractivity contribution in [1.82, 2.24) is 10.4 Å². The lowest BCUT2D eigenvalue weighted by Crippen LogP contribution is -2.36. The van der Waals surface area contributed by atoms with Crippen LogP contribution in [0.5, 0.6) is 5.75 Å². The van der Waals surface area contributed by atoms with Crippen molar-refractivity contribution in [3.63, 3.8) is 0 Å². The fourth-order valence-corrected chi connectivity index (χ4v) is 4.48. The smallest absolute Gasteiger partial charge is 0.317 e. The predicted molar refractivity (Wildman–Crippen MR) is 138 cm³/mol. The number of carbonyl (C=O) groups excluding carboxylic acids is 1. The summed E-state index contributed by atoms with van der Waals surface area (Å²) in [6.45, 7) is 4.33. The molecule has 172 valence electrons. The number of nitrogens with one attached hydrogen (secondary N) is 2. The average molecular weight is 492 g/mol. The van der Waals surface area contributed by atoms with Gasteiger partial charge >= 0.3 is 5.16 Å². The second-order valence-electron chi connectivity index (χ2n) is 7.59. The number of benzene rings is 3. The zero-order valence-electron chi connectivity index (χ0n) is 18.4. The van der Waals surface area contributed by atoms with Gasteiger partial charge in [-0.2, -0.15) is 5.10 Å². The van der Waals surface area contributed by atoms with Crippen LogP contribution in [-0.2, 0) is 17.8 Å². The molecule has 0 fully saturated rings. The summed E-state index contributed by atoms with van der Waals surface area (Å²) in [6.07, 6.45) is 3.71. The Morgan fingerprint density at radius 2 is 1.94 bits per heavy atom. The second-order valence-corrected chi connectivity index (χ2v) is 8.99. The predicted octanol–water partition coefficient (Wildman–Crippen LogP) is 4.83. The number of nitrogens with zero attached hydrogens (tertiary/aromatic N) is 2. The Labute approximate surface area is 207 Å². The number of phenols is 1. The van der Waals surface area contributed by atoms with Crippen LogP contribution in [0.15, 0.2) is 89.6 Å². The summed E-state index contributed by atoms with van der Waals surface area (Å²) in [6, 6.07) is 21.1. The Morgan fingerprint density at radius 3 is 2.74 bits per heavy atom. The fourth-order valence-electron chi connectivity index (χ4n) is 3.53. The molecule has 1 aromatic heterocycles. The number of hydrogen-bond acceptors (Lipinski definition) is 4. The van der Waals surface area contributed by atoms with Crippen LogP contribution in [0.3, 0.4) is 0 Å². The van der Waals surface area contributed by atoms with Crippen molar-refractivity contribution in [3.05, 3.63) is 101 Å². The van der Waals surface area contributed by atoms with Gasteiger partial charge in [-0.1, -0.05) is 54.1 Å². The molecule has 0 aliphatic heterocycles. The molecule has 0 bridgehead atoms. The maximum atomic E-state index is 12.4. The fraction of sp³-hybridized carbons (Fsp3) is 0.115. The van der Waals surface area contributed by atoms with Crippen LogP contribution in [0.25, 0.3) is 11.0 Å². The van der Waals surface area contributed by atoms with Gasteiger partial charge in [0.05, 0.1) is 12.0 Å². The van der Waals surface area contributed by atoms with E-state index in [1.54, 1.807) is 12.1 Å².